The van der Waals surface area contributed by atoms with Crippen molar-refractivity contribution in [2.24, 2.45) is 0 Å². The van der Waals surface area contributed by atoms with Gasteiger partial charge in [0.1, 0.15) is 6.54 Å². The molecule has 1 aliphatic heterocycles. The molecule has 5 nitrogen and oxygen atoms in total. The van der Waals surface area contributed by atoms with Crippen LogP contribution < -0.4 is 5.32 Å². The van der Waals surface area contributed by atoms with E-state index in [2.05, 4.69) is 5.32 Å². The second-order valence-electron chi connectivity index (χ2n) is 6.21. The van der Waals surface area contributed by atoms with Gasteiger partial charge in [-0.1, -0.05) is 35.9 Å². The first kappa shape index (κ1) is 19.2. The maximum absolute atomic E-state index is 12.5. The van der Waals surface area contributed by atoms with Crippen molar-refractivity contribution in [3.05, 3.63) is 69.1 Å². The Morgan fingerprint density at radius 3 is 2.48 bits per heavy atom. The van der Waals surface area contributed by atoms with Gasteiger partial charge in [0.25, 0.3) is 11.1 Å². The van der Waals surface area contributed by atoms with Gasteiger partial charge in [-0.3, -0.25) is 19.3 Å². The van der Waals surface area contributed by atoms with E-state index in [1.807, 2.05) is 32.0 Å². The molecule has 1 N–H and O–H groups in total. The van der Waals surface area contributed by atoms with Crippen LogP contribution in [0.25, 0.3) is 6.08 Å². The number of nitrogens with one attached hydrogen (secondary N) is 1. The van der Waals surface area contributed by atoms with Crippen LogP contribution in [0.4, 0.5) is 10.5 Å². The summed E-state index contributed by atoms with van der Waals surface area (Å²) in [5, 5.41) is 2.74. The zero-order valence-electron chi connectivity index (χ0n) is 14.8. The number of aryl methyl sites for hydroxylation is 2. The van der Waals surface area contributed by atoms with Gasteiger partial charge in [0.15, 0.2) is 0 Å². The molecular formula is C20H17ClN2O3S. The zero-order chi connectivity index (χ0) is 19.6. The van der Waals surface area contributed by atoms with Crippen molar-refractivity contribution in [3.63, 3.8) is 0 Å². The van der Waals surface area contributed by atoms with E-state index < -0.39 is 17.1 Å². The lowest BCUT2D eigenvalue weighted by Gasteiger charge is -2.13. The summed E-state index contributed by atoms with van der Waals surface area (Å²) in [6.45, 7) is 3.52. The molecule has 2 aromatic carbocycles. The molecule has 0 aromatic heterocycles. The van der Waals surface area contributed by atoms with Crippen molar-refractivity contribution >= 4 is 52.2 Å². The monoisotopic (exact) mass is 400 g/mol. The minimum atomic E-state index is -0.500. The fourth-order valence-electron chi connectivity index (χ4n) is 2.76. The number of carbonyl (C=O) groups excluding carboxylic acids is 3. The molecule has 1 saturated heterocycles. The number of nitrogens with zero attached hydrogens (tertiary/aromatic N) is 1. The normalized spacial score (nSPS) is 15.5. The number of benzene rings is 2. The van der Waals surface area contributed by atoms with E-state index in [1.54, 1.807) is 30.3 Å². The van der Waals surface area contributed by atoms with Crippen LogP contribution in [0.1, 0.15) is 16.7 Å². The third kappa shape index (κ3) is 4.59. The molecule has 138 valence electrons. The molecule has 27 heavy (non-hydrogen) atoms. The van der Waals surface area contributed by atoms with Crippen molar-refractivity contribution in [2.75, 3.05) is 11.9 Å². The Kier molecular flexibility index (Phi) is 5.68. The molecule has 0 atom stereocenters. The Hall–Kier alpha value is -2.57. The van der Waals surface area contributed by atoms with Gasteiger partial charge in [-0.2, -0.15) is 0 Å². The van der Waals surface area contributed by atoms with Crippen LogP contribution >= 0.6 is 23.4 Å². The molecule has 3 amide bonds. The highest BCUT2D eigenvalue weighted by atomic mass is 35.5. The van der Waals surface area contributed by atoms with Crippen molar-refractivity contribution in [1.29, 1.82) is 0 Å². The second-order valence-corrected chi connectivity index (χ2v) is 7.61. The van der Waals surface area contributed by atoms with Crippen molar-refractivity contribution in [1.82, 2.24) is 4.90 Å². The molecule has 1 fully saturated rings. The fraction of sp³-hybridized carbons (Fsp3) is 0.150. The Morgan fingerprint density at radius 2 is 1.81 bits per heavy atom. The molecule has 0 aliphatic carbocycles. The van der Waals surface area contributed by atoms with Crippen LogP contribution in [-0.2, 0) is 9.59 Å². The first-order valence-electron chi connectivity index (χ1n) is 8.21. The number of amides is 3. The smallest absolute Gasteiger partial charge is 0.294 e. The molecule has 0 unspecified atom stereocenters. The SMILES string of the molecule is Cc1cc(C)cc(NC(=O)CN2C(=O)S/C(=C/c3ccccc3Cl)C2=O)c1. The van der Waals surface area contributed by atoms with Gasteiger partial charge < -0.3 is 5.32 Å². The topological polar surface area (TPSA) is 66.5 Å². The number of anilines is 1. The molecule has 0 bridgehead atoms. The average molecular weight is 401 g/mol. The summed E-state index contributed by atoms with van der Waals surface area (Å²) in [5.74, 6) is -0.929. The third-order valence-electron chi connectivity index (χ3n) is 3.87. The highest BCUT2D eigenvalue weighted by Gasteiger charge is 2.36. The lowest BCUT2D eigenvalue weighted by molar-refractivity contribution is -0.127. The largest absolute Gasteiger partial charge is 0.325 e. The van der Waals surface area contributed by atoms with E-state index in [4.69, 9.17) is 11.6 Å². The number of hydrogen-bond acceptors (Lipinski definition) is 4. The van der Waals surface area contributed by atoms with Crippen LogP contribution in [0.2, 0.25) is 5.02 Å². The Morgan fingerprint density at radius 1 is 1.15 bits per heavy atom. The molecule has 7 heteroatoms. The van der Waals surface area contributed by atoms with Gasteiger partial charge in [0, 0.05) is 10.7 Å². The summed E-state index contributed by atoms with van der Waals surface area (Å²) in [7, 11) is 0. The minimum absolute atomic E-state index is 0.243. The number of hydrogen-bond donors (Lipinski definition) is 1. The van der Waals surface area contributed by atoms with Crippen molar-refractivity contribution in [3.8, 4) is 0 Å². The summed E-state index contributed by atoms with van der Waals surface area (Å²) >= 11 is 6.89. The van der Waals surface area contributed by atoms with Crippen molar-refractivity contribution < 1.29 is 14.4 Å². The van der Waals surface area contributed by atoms with Gasteiger partial charge in [0.2, 0.25) is 5.91 Å². The summed E-state index contributed by atoms with van der Waals surface area (Å²) < 4.78 is 0. The minimum Gasteiger partial charge on any atom is -0.325 e. The zero-order valence-corrected chi connectivity index (χ0v) is 16.4. The molecule has 0 saturated carbocycles. The highest BCUT2D eigenvalue weighted by Crippen LogP contribution is 2.33. The predicted octanol–water partition coefficient (Wildman–Crippen LogP) is 4.63. The van der Waals surface area contributed by atoms with Gasteiger partial charge in [-0.25, -0.2) is 0 Å². The lowest BCUT2D eigenvalue weighted by atomic mass is 10.1. The maximum atomic E-state index is 12.5. The number of halogens is 1. The van der Waals surface area contributed by atoms with E-state index in [0.717, 1.165) is 27.8 Å². The predicted molar refractivity (Wildman–Crippen MR) is 109 cm³/mol. The second kappa shape index (κ2) is 7.98. The van der Waals surface area contributed by atoms with Gasteiger partial charge in [-0.05, 0) is 66.6 Å². The maximum Gasteiger partial charge on any atom is 0.294 e. The van der Waals surface area contributed by atoms with Crippen LogP contribution in [0.3, 0.4) is 0 Å². The van der Waals surface area contributed by atoms with E-state index >= 15 is 0 Å². The quantitative estimate of drug-likeness (QED) is 0.759. The summed E-state index contributed by atoms with van der Waals surface area (Å²) in [6, 6.07) is 12.7. The molecule has 0 radical (unpaired) electrons. The molecule has 3 rings (SSSR count). The number of carbonyl (C=O) groups is 3. The molecule has 2 aromatic rings. The Bertz CT molecular complexity index is 951. The van der Waals surface area contributed by atoms with E-state index in [0.29, 0.717) is 16.3 Å². The molecule has 0 spiro atoms. The summed E-state index contributed by atoms with van der Waals surface area (Å²) in [4.78, 5) is 38.2. The van der Waals surface area contributed by atoms with Crippen molar-refractivity contribution in [2.45, 2.75) is 13.8 Å². The van der Waals surface area contributed by atoms with Crippen LogP contribution in [0, 0.1) is 13.8 Å². The summed E-state index contributed by atoms with van der Waals surface area (Å²) in [5.41, 5.74) is 3.30. The highest BCUT2D eigenvalue weighted by molar-refractivity contribution is 8.18. The molecule has 1 heterocycles. The van der Waals surface area contributed by atoms with Crippen LogP contribution in [0.5, 0.6) is 0 Å². The first-order chi connectivity index (χ1) is 12.8. The average Bonchev–Trinajstić information content (AvgIpc) is 2.83. The van der Waals surface area contributed by atoms with E-state index in [-0.39, 0.29) is 11.4 Å². The van der Waals surface area contributed by atoms with E-state index in [1.165, 1.54) is 0 Å². The van der Waals surface area contributed by atoms with Gasteiger partial charge >= 0.3 is 0 Å². The fourth-order valence-corrected chi connectivity index (χ4v) is 3.78. The molecular weight excluding hydrogens is 384 g/mol. The Labute approximate surface area is 166 Å². The summed E-state index contributed by atoms with van der Waals surface area (Å²) in [6.07, 6.45) is 1.56. The number of thioether (sulfide) groups is 1. The number of imide groups is 1. The van der Waals surface area contributed by atoms with Crippen LogP contribution in [-0.4, -0.2) is 28.5 Å². The van der Waals surface area contributed by atoms with E-state index in [9.17, 15) is 14.4 Å². The van der Waals surface area contributed by atoms with Gasteiger partial charge in [0.05, 0.1) is 4.91 Å². The number of rotatable bonds is 4. The molecule has 1 aliphatic rings. The lowest BCUT2D eigenvalue weighted by Crippen LogP contribution is -2.36. The Balaban J connectivity index is 1.72. The van der Waals surface area contributed by atoms with Gasteiger partial charge in [-0.15, -0.1) is 0 Å². The third-order valence-corrected chi connectivity index (χ3v) is 5.12. The first-order valence-corrected chi connectivity index (χ1v) is 9.41. The van der Waals surface area contributed by atoms with Crippen LogP contribution in [0.15, 0.2) is 47.4 Å². The standard InChI is InChI=1S/C20H17ClN2O3S/c1-12-7-13(2)9-15(8-12)22-18(24)11-23-19(25)17(27-20(23)26)10-14-5-3-4-6-16(14)21/h3-10H,11H2,1-2H3,(H,22,24)/b17-10+.